The zero-order chi connectivity index (χ0) is 23.1. The van der Waals surface area contributed by atoms with E-state index in [9.17, 15) is 4.79 Å². The fourth-order valence-electron chi connectivity index (χ4n) is 3.20. The second-order valence-electron chi connectivity index (χ2n) is 8.57. The predicted molar refractivity (Wildman–Crippen MR) is 130 cm³/mol. The maximum Gasteiger partial charge on any atom is 0.251 e. The smallest absolute Gasteiger partial charge is 0.251 e. The minimum Gasteiger partial charge on any atom is -0.467 e. The van der Waals surface area contributed by atoms with E-state index in [0.29, 0.717) is 17.9 Å². The molecule has 0 spiro atoms. The Kier molecular flexibility index (Phi) is 7.96. The van der Waals surface area contributed by atoms with Crippen LogP contribution >= 0.6 is 11.8 Å². The number of nitrogens with zero attached hydrogens (tertiary/aromatic N) is 3. The summed E-state index contributed by atoms with van der Waals surface area (Å²) in [5.41, 5.74) is 2.65. The molecule has 0 bridgehead atoms. The van der Waals surface area contributed by atoms with Crippen LogP contribution in [0.3, 0.4) is 0 Å². The van der Waals surface area contributed by atoms with Crippen molar-refractivity contribution in [2.45, 2.75) is 57.5 Å². The van der Waals surface area contributed by atoms with Gasteiger partial charge in [-0.05, 0) is 43.7 Å². The molecule has 1 aromatic carbocycles. The van der Waals surface area contributed by atoms with E-state index < -0.39 is 0 Å². The molecular weight excluding hydrogens is 420 g/mol. The highest BCUT2D eigenvalue weighted by molar-refractivity contribution is 7.98. The summed E-state index contributed by atoms with van der Waals surface area (Å²) in [5.74, 6) is 2.25. The third-order valence-corrected chi connectivity index (χ3v) is 6.03. The second-order valence-corrected chi connectivity index (χ2v) is 9.51. The van der Waals surface area contributed by atoms with Crippen LogP contribution in [-0.2, 0) is 17.7 Å². The first-order chi connectivity index (χ1) is 15.3. The molecule has 0 aliphatic heterocycles. The molecule has 3 aromatic rings. The lowest BCUT2D eigenvalue weighted by Gasteiger charge is -2.24. The SMILES string of the molecule is CCN(CC)c1cc(C(C)(C)C)nc(SCc2cccc(C(=O)NCc3ccco3)c2)n1. The van der Waals surface area contributed by atoms with Crippen molar-refractivity contribution in [3.8, 4) is 0 Å². The number of furan rings is 1. The van der Waals surface area contributed by atoms with Crippen molar-refractivity contribution in [3.63, 3.8) is 0 Å². The van der Waals surface area contributed by atoms with Gasteiger partial charge in [-0.15, -0.1) is 0 Å². The van der Waals surface area contributed by atoms with Gasteiger partial charge in [0, 0.05) is 35.9 Å². The van der Waals surface area contributed by atoms with Crippen molar-refractivity contribution in [2.75, 3.05) is 18.0 Å². The van der Waals surface area contributed by atoms with E-state index in [1.54, 1.807) is 18.0 Å². The van der Waals surface area contributed by atoms with E-state index in [-0.39, 0.29) is 11.3 Å². The van der Waals surface area contributed by atoms with Crippen molar-refractivity contribution in [2.24, 2.45) is 0 Å². The summed E-state index contributed by atoms with van der Waals surface area (Å²) in [6.07, 6.45) is 1.60. The van der Waals surface area contributed by atoms with Gasteiger partial charge < -0.3 is 14.6 Å². The van der Waals surface area contributed by atoms with Gasteiger partial charge >= 0.3 is 0 Å². The van der Waals surface area contributed by atoms with E-state index in [1.165, 1.54) is 0 Å². The summed E-state index contributed by atoms with van der Waals surface area (Å²) in [6.45, 7) is 12.9. The topological polar surface area (TPSA) is 71.3 Å². The minimum atomic E-state index is -0.122. The first kappa shape index (κ1) is 23.9. The van der Waals surface area contributed by atoms with Crippen LogP contribution in [0.2, 0.25) is 0 Å². The lowest BCUT2D eigenvalue weighted by atomic mass is 9.92. The number of rotatable bonds is 9. The van der Waals surface area contributed by atoms with Gasteiger partial charge in [-0.25, -0.2) is 9.97 Å². The number of anilines is 1. The molecule has 0 radical (unpaired) electrons. The lowest BCUT2D eigenvalue weighted by Crippen LogP contribution is -2.25. The normalized spacial score (nSPS) is 11.4. The zero-order valence-corrected chi connectivity index (χ0v) is 20.3. The molecule has 0 aliphatic carbocycles. The lowest BCUT2D eigenvalue weighted by molar-refractivity contribution is 0.0948. The molecular formula is C25H32N4O2S. The summed E-state index contributed by atoms with van der Waals surface area (Å²) >= 11 is 1.59. The first-order valence-electron chi connectivity index (χ1n) is 11.0. The average Bonchev–Trinajstić information content (AvgIpc) is 3.30. The van der Waals surface area contributed by atoms with Crippen LogP contribution < -0.4 is 10.2 Å². The fourth-order valence-corrected chi connectivity index (χ4v) is 4.00. The van der Waals surface area contributed by atoms with Crippen molar-refractivity contribution in [1.82, 2.24) is 15.3 Å². The van der Waals surface area contributed by atoms with Gasteiger partial charge in [-0.2, -0.15) is 0 Å². The molecule has 1 amide bonds. The quantitative estimate of drug-likeness (QED) is 0.344. The third-order valence-electron chi connectivity index (χ3n) is 5.11. The monoisotopic (exact) mass is 452 g/mol. The van der Waals surface area contributed by atoms with Gasteiger partial charge in [-0.3, -0.25) is 4.79 Å². The molecule has 6 nitrogen and oxygen atoms in total. The van der Waals surface area contributed by atoms with Crippen LogP contribution in [0.5, 0.6) is 0 Å². The molecule has 0 aliphatic rings. The standard InChI is InChI=1S/C25H32N4O2S/c1-6-29(7-2)22-15-21(25(3,4)5)27-24(28-22)32-17-18-10-8-11-19(14-18)23(30)26-16-20-12-9-13-31-20/h8-15H,6-7,16-17H2,1-5H3,(H,26,30). The third kappa shape index (κ3) is 6.36. The second kappa shape index (κ2) is 10.7. The molecule has 0 saturated heterocycles. The highest BCUT2D eigenvalue weighted by atomic mass is 32.2. The zero-order valence-electron chi connectivity index (χ0n) is 19.5. The van der Waals surface area contributed by atoms with Gasteiger partial charge in [0.1, 0.15) is 11.6 Å². The molecule has 2 heterocycles. The van der Waals surface area contributed by atoms with Crippen LogP contribution in [-0.4, -0.2) is 29.0 Å². The van der Waals surface area contributed by atoms with Gasteiger partial charge in [-0.1, -0.05) is 44.7 Å². The largest absolute Gasteiger partial charge is 0.467 e. The van der Waals surface area contributed by atoms with Crippen LogP contribution in [0.15, 0.2) is 58.3 Å². The molecule has 32 heavy (non-hydrogen) atoms. The number of aromatic nitrogens is 2. The van der Waals surface area contributed by atoms with E-state index in [1.807, 2.05) is 36.4 Å². The van der Waals surface area contributed by atoms with Crippen LogP contribution in [0, 0.1) is 0 Å². The Labute approximate surface area is 194 Å². The van der Waals surface area contributed by atoms with Gasteiger partial charge in [0.2, 0.25) is 0 Å². The molecule has 3 rings (SSSR count). The summed E-state index contributed by atoms with van der Waals surface area (Å²) in [4.78, 5) is 24.4. The Morgan fingerprint density at radius 1 is 1.09 bits per heavy atom. The van der Waals surface area contributed by atoms with Gasteiger partial charge in [0.15, 0.2) is 5.16 Å². The minimum absolute atomic E-state index is 0.0633. The van der Waals surface area contributed by atoms with Crippen LogP contribution in [0.4, 0.5) is 5.82 Å². The van der Waals surface area contributed by atoms with Crippen LogP contribution in [0.1, 0.15) is 62.0 Å². The maximum atomic E-state index is 12.5. The highest BCUT2D eigenvalue weighted by Gasteiger charge is 2.20. The van der Waals surface area contributed by atoms with Gasteiger partial charge in [0.25, 0.3) is 5.91 Å². The van der Waals surface area contributed by atoms with E-state index in [4.69, 9.17) is 14.4 Å². The number of carbonyl (C=O) groups excluding carboxylic acids is 1. The molecule has 0 atom stereocenters. The van der Waals surface area contributed by atoms with E-state index in [2.05, 4.69) is 50.9 Å². The fraction of sp³-hybridized carbons (Fsp3) is 0.400. The number of benzene rings is 1. The molecule has 1 N–H and O–H groups in total. The number of hydrogen-bond acceptors (Lipinski definition) is 6. The number of hydrogen-bond donors (Lipinski definition) is 1. The molecule has 2 aromatic heterocycles. The Morgan fingerprint density at radius 2 is 1.88 bits per heavy atom. The van der Waals surface area contributed by atoms with Gasteiger partial charge in [0.05, 0.1) is 18.5 Å². The van der Waals surface area contributed by atoms with E-state index in [0.717, 1.165) is 41.1 Å². The van der Waals surface area contributed by atoms with Crippen molar-refractivity contribution < 1.29 is 9.21 Å². The number of nitrogens with one attached hydrogen (secondary N) is 1. The van der Waals surface area contributed by atoms with Crippen molar-refractivity contribution in [3.05, 3.63) is 71.3 Å². The Hall–Kier alpha value is -2.80. The number of carbonyl (C=O) groups is 1. The molecule has 0 saturated carbocycles. The Morgan fingerprint density at radius 3 is 2.53 bits per heavy atom. The number of thioether (sulfide) groups is 1. The average molecular weight is 453 g/mol. The summed E-state index contributed by atoms with van der Waals surface area (Å²) in [5, 5.41) is 3.65. The molecule has 0 unspecified atom stereocenters. The van der Waals surface area contributed by atoms with E-state index >= 15 is 0 Å². The summed E-state index contributed by atoms with van der Waals surface area (Å²) in [6, 6.07) is 13.4. The predicted octanol–water partition coefficient (Wildman–Crippen LogP) is 5.44. The Bertz CT molecular complexity index is 1020. The number of amides is 1. The molecule has 7 heteroatoms. The van der Waals surface area contributed by atoms with Crippen LogP contribution in [0.25, 0.3) is 0 Å². The van der Waals surface area contributed by atoms with Crippen molar-refractivity contribution in [1.29, 1.82) is 0 Å². The van der Waals surface area contributed by atoms with Crippen molar-refractivity contribution >= 4 is 23.5 Å². The highest BCUT2D eigenvalue weighted by Crippen LogP contribution is 2.28. The molecule has 170 valence electrons. The summed E-state index contributed by atoms with van der Waals surface area (Å²) in [7, 11) is 0. The summed E-state index contributed by atoms with van der Waals surface area (Å²) < 4.78 is 5.27. The molecule has 0 fully saturated rings. The Balaban J connectivity index is 1.72. The first-order valence-corrected chi connectivity index (χ1v) is 12.0. The maximum absolute atomic E-state index is 12.5.